The van der Waals surface area contributed by atoms with Crippen LogP contribution in [0.3, 0.4) is 0 Å². The zero-order valence-corrected chi connectivity index (χ0v) is 18.5. The molecule has 0 unspecified atom stereocenters. The van der Waals surface area contributed by atoms with Crippen LogP contribution in [-0.4, -0.2) is 41.2 Å². The molecule has 6 nitrogen and oxygen atoms in total. The van der Waals surface area contributed by atoms with Gasteiger partial charge in [0, 0.05) is 41.4 Å². The summed E-state index contributed by atoms with van der Waals surface area (Å²) in [5.41, 5.74) is 1.66. The second-order valence-corrected chi connectivity index (χ2v) is 8.69. The molecule has 0 spiro atoms. The van der Waals surface area contributed by atoms with Crippen LogP contribution in [0.2, 0.25) is 0 Å². The van der Waals surface area contributed by atoms with Crippen LogP contribution in [0.1, 0.15) is 60.7 Å². The van der Waals surface area contributed by atoms with Crippen molar-refractivity contribution in [3.63, 3.8) is 0 Å². The number of carbonyl (C=O) groups is 3. The van der Waals surface area contributed by atoms with Crippen molar-refractivity contribution in [2.45, 2.75) is 45.6 Å². The Morgan fingerprint density at radius 2 is 1.55 bits per heavy atom. The van der Waals surface area contributed by atoms with Crippen molar-refractivity contribution in [2.24, 2.45) is 5.92 Å². The first kappa shape index (κ1) is 22.5. The van der Waals surface area contributed by atoms with E-state index in [1.807, 2.05) is 51.1 Å². The lowest BCUT2D eigenvalue weighted by Gasteiger charge is -2.31. The van der Waals surface area contributed by atoms with Gasteiger partial charge < -0.3 is 15.5 Å². The number of hydrogen-bond donors (Lipinski definition) is 2. The van der Waals surface area contributed by atoms with Crippen LogP contribution in [0.5, 0.6) is 0 Å². The summed E-state index contributed by atoms with van der Waals surface area (Å²) in [5.74, 6) is -0.0210. The predicted octanol–water partition coefficient (Wildman–Crippen LogP) is 4.73. The first-order chi connectivity index (χ1) is 14.8. The second kappa shape index (κ2) is 9.77. The fraction of sp³-hybridized carbons (Fsp3) is 0.400. The summed E-state index contributed by atoms with van der Waals surface area (Å²) >= 11 is 0. The van der Waals surface area contributed by atoms with E-state index in [4.69, 9.17) is 0 Å². The Balaban J connectivity index is 1.51. The van der Waals surface area contributed by atoms with Crippen molar-refractivity contribution in [3.05, 3.63) is 65.7 Å². The molecule has 1 aliphatic rings. The number of nitrogens with zero attached hydrogens (tertiary/aromatic N) is 1. The van der Waals surface area contributed by atoms with Crippen molar-refractivity contribution in [1.29, 1.82) is 0 Å². The fourth-order valence-corrected chi connectivity index (χ4v) is 3.56. The lowest BCUT2D eigenvalue weighted by atomic mass is 9.89. The van der Waals surface area contributed by atoms with Crippen molar-refractivity contribution in [1.82, 2.24) is 10.2 Å². The van der Waals surface area contributed by atoms with Gasteiger partial charge in [0.15, 0.2) is 5.78 Å². The number of amides is 3. The molecule has 0 atom stereocenters. The van der Waals surface area contributed by atoms with E-state index in [0.717, 1.165) is 12.0 Å². The third kappa shape index (κ3) is 5.94. The molecule has 164 valence electrons. The molecule has 0 saturated carbocycles. The van der Waals surface area contributed by atoms with E-state index in [-0.39, 0.29) is 29.2 Å². The molecule has 2 aromatic rings. The maximum absolute atomic E-state index is 12.6. The molecule has 0 bridgehead atoms. The highest BCUT2D eigenvalue weighted by Crippen LogP contribution is 2.22. The SMILES string of the molecule is CCC(C)(C)NC(=O)c1ccc(NC(=O)N2CCC(C(=O)c3ccccc3)CC2)cc1. The highest BCUT2D eigenvalue weighted by molar-refractivity contribution is 5.98. The Bertz CT molecular complexity index is 915. The molecule has 1 aliphatic heterocycles. The van der Waals surface area contributed by atoms with Crippen molar-refractivity contribution >= 4 is 23.4 Å². The third-order valence-electron chi connectivity index (χ3n) is 5.95. The number of nitrogens with one attached hydrogen (secondary N) is 2. The second-order valence-electron chi connectivity index (χ2n) is 8.69. The number of ketones is 1. The number of urea groups is 1. The summed E-state index contributed by atoms with van der Waals surface area (Å²) in [7, 11) is 0. The van der Waals surface area contributed by atoms with Gasteiger partial charge in [0.2, 0.25) is 0 Å². The summed E-state index contributed by atoms with van der Waals surface area (Å²) < 4.78 is 0. The molecule has 1 heterocycles. The highest BCUT2D eigenvalue weighted by atomic mass is 16.2. The van der Waals surface area contributed by atoms with Crippen LogP contribution in [0.4, 0.5) is 10.5 Å². The van der Waals surface area contributed by atoms with Crippen LogP contribution in [0.25, 0.3) is 0 Å². The Hall–Kier alpha value is -3.15. The summed E-state index contributed by atoms with van der Waals surface area (Å²) in [5, 5.41) is 5.88. The minimum absolute atomic E-state index is 0.0448. The van der Waals surface area contributed by atoms with E-state index in [0.29, 0.717) is 37.2 Å². The largest absolute Gasteiger partial charge is 0.347 e. The summed E-state index contributed by atoms with van der Waals surface area (Å²) in [4.78, 5) is 39.3. The maximum Gasteiger partial charge on any atom is 0.321 e. The molecular formula is C25H31N3O3. The minimum atomic E-state index is -0.266. The van der Waals surface area contributed by atoms with Gasteiger partial charge in [-0.25, -0.2) is 4.79 Å². The smallest absolute Gasteiger partial charge is 0.321 e. The number of likely N-dealkylation sites (tertiary alicyclic amines) is 1. The number of piperidine rings is 1. The van der Waals surface area contributed by atoms with Gasteiger partial charge in [-0.05, 0) is 57.4 Å². The van der Waals surface area contributed by atoms with E-state index in [9.17, 15) is 14.4 Å². The average molecular weight is 422 g/mol. The molecule has 31 heavy (non-hydrogen) atoms. The van der Waals surface area contributed by atoms with E-state index in [2.05, 4.69) is 10.6 Å². The Kier molecular flexibility index (Phi) is 7.10. The first-order valence-corrected chi connectivity index (χ1v) is 10.9. The molecule has 3 rings (SSSR count). The number of hydrogen-bond acceptors (Lipinski definition) is 3. The normalized spacial score (nSPS) is 14.7. The Morgan fingerprint density at radius 3 is 2.13 bits per heavy atom. The van der Waals surface area contributed by atoms with Crippen molar-refractivity contribution in [3.8, 4) is 0 Å². The van der Waals surface area contributed by atoms with Gasteiger partial charge in [0.05, 0.1) is 0 Å². The van der Waals surface area contributed by atoms with Gasteiger partial charge in [-0.15, -0.1) is 0 Å². The number of Topliss-reactive ketones (excluding diaryl/α,β-unsaturated/α-hetero) is 1. The molecule has 0 aromatic heterocycles. The zero-order chi connectivity index (χ0) is 22.4. The third-order valence-corrected chi connectivity index (χ3v) is 5.95. The standard InChI is InChI=1S/C25H31N3O3/c1-4-25(2,3)27-23(30)20-10-12-21(13-11-20)26-24(31)28-16-14-19(15-17-28)22(29)18-8-6-5-7-9-18/h5-13,19H,4,14-17H2,1-3H3,(H,26,31)(H,27,30). The quantitative estimate of drug-likeness (QED) is 0.662. The monoisotopic (exact) mass is 421 g/mol. The topological polar surface area (TPSA) is 78.5 Å². The van der Waals surface area contributed by atoms with Gasteiger partial charge in [0.25, 0.3) is 5.91 Å². The molecular weight excluding hydrogens is 390 g/mol. The molecule has 2 N–H and O–H groups in total. The van der Waals surface area contributed by atoms with Crippen LogP contribution in [0, 0.1) is 5.92 Å². The molecule has 0 radical (unpaired) electrons. The van der Waals surface area contributed by atoms with E-state index < -0.39 is 0 Å². The first-order valence-electron chi connectivity index (χ1n) is 10.9. The predicted molar refractivity (Wildman–Crippen MR) is 122 cm³/mol. The van der Waals surface area contributed by atoms with Crippen LogP contribution in [0.15, 0.2) is 54.6 Å². The van der Waals surface area contributed by atoms with Crippen LogP contribution >= 0.6 is 0 Å². The molecule has 2 aromatic carbocycles. The number of rotatable bonds is 6. The molecule has 1 fully saturated rings. The van der Waals surface area contributed by atoms with Crippen LogP contribution < -0.4 is 10.6 Å². The molecule has 1 saturated heterocycles. The van der Waals surface area contributed by atoms with Gasteiger partial charge >= 0.3 is 6.03 Å². The minimum Gasteiger partial charge on any atom is -0.347 e. The molecule has 6 heteroatoms. The highest BCUT2D eigenvalue weighted by Gasteiger charge is 2.28. The Labute approximate surface area is 184 Å². The van der Waals surface area contributed by atoms with Crippen molar-refractivity contribution in [2.75, 3.05) is 18.4 Å². The fourth-order valence-electron chi connectivity index (χ4n) is 3.56. The average Bonchev–Trinajstić information content (AvgIpc) is 2.79. The number of carbonyl (C=O) groups excluding carboxylic acids is 3. The summed E-state index contributed by atoms with van der Waals surface area (Å²) in [6, 6.07) is 16.0. The van der Waals surface area contributed by atoms with E-state index in [1.54, 1.807) is 29.2 Å². The van der Waals surface area contributed by atoms with Gasteiger partial charge in [-0.1, -0.05) is 37.3 Å². The number of anilines is 1. The van der Waals surface area contributed by atoms with Gasteiger partial charge in [-0.3, -0.25) is 9.59 Å². The molecule has 3 amide bonds. The van der Waals surface area contributed by atoms with Gasteiger partial charge in [0.1, 0.15) is 0 Å². The number of benzene rings is 2. The zero-order valence-electron chi connectivity index (χ0n) is 18.5. The summed E-state index contributed by atoms with van der Waals surface area (Å²) in [6.07, 6.45) is 2.15. The maximum atomic E-state index is 12.6. The van der Waals surface area contributed by atoms with Crippen LogP contribution in [-0.2, 0) is 0 Å². The van der Waals surface area contributed by atoms with Gasteiger partial charge in [-0.2, -0.15) is 0 Å². The lowest BCUT2D eigenvalue weighted by molar-refractivity contribution is 0.0858. The Morgan fingerprint density at radius 1 is 0.935 bits per heavy atom. The molecule has 0 aliphatic carbocycles. The lowest BCUT2D eigenvalue weighted by Crippen LogP contribution is -2.43. The van der Waals surface area contributed by atoms with E-state index in [1.165, 1.54) is 0 Å². The van der Waals surface area contributed by atoms with E-state index >= 15 is 0 Å². The summed E-state index contributed by atoms with van der Waals surface area (Å²) in [6.45, 7) is 7.08. The van der Waals surface area contributed by atoms with Crippen molar-refractivity contribution < 1.29 is 14.4 Å².